The zero-order chi connectivity index (χ0) is 20.0. The van der Waals surface area contributed by atoms with Crippen LogP contribution in [0.1, 0.15) is 32.1 Å². The SMILES string of the molecule is Cc1cc(C)n2nc(SCC(=O)Nc3ccc4c(c3)C(=O)N(C)C4=O)nc2n1. The number of nitrogens with zero attached hydrogens (tertiary/aromatic N) is 5. The molecule has 4 rings (SSSR count). The monoisotopic (exact) mass is 396 g/mol. The van der Waals surface area contributed by atoms with Crippen molar-refractivity contribution in [2.75, 3.05) is 18.1 Å². The van der Waals surface area contributed by atoms with E-state index >= 15 is 0 Å². The average Bonchev–Trinajstić information content (AvgIpc) is 3.15. The second-order valence-electron chi connectivity index (χ2n) is 6.41. The van der Waals surface area contributed by atoms with Crippen LogP contribution in [0.15, 0.2) is 29.4 Å². The van der Waals surface area contributed by atoms with Crippen LogP contribution >= 0.6 is 11.8 Å². The molecule has 0 bridgehead atoms. The van der Waals surface area contributed by atoms with Crippen LogP contribution in [0.5, 0.6) is 0 Å². The Labute approximate surface area is 164 Å². The van der Waals surface area contributed by atoms with Crippen molar-refractivity contribution in [1.29, 1.82) is 0 Å². The van der Waals surface area contributed by atoms with Gasteiger partial charge >= 0.3 is 0 Å². The van der Waals surface area contributed by atoms with Gasteiger partial charge in [0.1, 0.15) is 0 Å². The van der Waals surface area contributed by atoms with Crippen LogP contribution < -0.4 is 5.32 Å². The Bertz CT molecular complexity index is 1160. The number of nitrogens with one attached hydrogen (secondary N) is 1. The van der Waals surface area contributed by atoms with Crippen molar-refractivity contribution in [1.82, 2.24) is 24.5 Å². The second kappa shape index (κ2) is 6.71. The molecule has 0 fully saturated rings. The number of imide groups is 1. The molecule has 0 saturated carbocycles. The molecule has 1 N–H and O–H groups in total. The number of benzene rings is 1. The van der Waals surface area contributed by atoms with Gasteiger partial charge in [-0.1, -0.05) is 11.8 Å². The minimum absolute atomic E-state index is 0.0960. The number of amides is 3. The molecule has 142 valence electrons. The molecular weight excluding hydrogens is 380 g/mol. The summed E-state index contributed by atoms with van der Waals surface area (Å²) in [4.78, 5) is 45.9. The molecule has 0 aliphatic carbocycles. The van der Waals surface area contributed by atoms with E-state index < -0.39 is 0 Å². The molecule has 9 nitrogen and oxygen atoms in total. The first-order chi connectivity index (χ1) is 13.3. The van der Waals surface area contributed by atoms with Crippen molar-refractivity contribution in [2.24, 2.45) is 0 Å². The van der Waals surface area contributed by atoms with Crippen LogP contribution in [-0.2, 0) is 4.79 Å². The Hall–Kier alpha value is -3.27. The summed E-state index contributed by atoms with van der Waals surface area (Å²) in [6, 6.07) is 6.56. The number of anilines is 1. The van der Waals surface area contributed by atoms with E-state index in [1.165, 1.54) is 24.9 Å². The Kier molecular flexibility index (Phi) is 4.34. The van der Waals surface area contributed by atoms with Crippen molar-refractivity contribution in [3.05, 3.63) is 46.8 Å². The predicted octanol–water partition coefficient (Wildman–Crippen LogP) is 1.70. The maximum Gasteiger partial charge on any atom is 0.261 e. The first-order valence-electron chi connectivity index (χ1n) is 8.43. The smallest absolute Gasteiger partial charge is 0.261 e. The molecule has 0 spiro atoms. The van der Waals surface area contributed by atoms with Crippen molar-refractivity contribution >= 4 is 40.9 Å². The van der Waals surface area contributed by atoms with Crippen LogP contribution in [0, 0.1) is 13.8 Å². The number of fused-ring (bicyclic) bond motifs is 2. The number of thioether (sulfide) groups is 1. The van der Waals surface area contributed by atoms with Gasteiger partial charge in [-0.2, -0.15) is 4.98 Å². The fourth-order valence-electron chi connectivity index (χ4n) is 2.98. The van der Waals surface area contributed by atoms with Crippen LogP contribution in [0.4, 0.5) is 5.69 Å². The molecule has 3 amide bonds. The average molecular weight is 396 g/mol. The normalized spacial score (nSPS) is 13.3. The highest BCUT2D eigenvalue weighted by atomic mass is 32.2. The lowest BCUT2D eigenvalue weighted by atomic mass is 10.1. The molecule has 1 aliphatic rings. The maximum absolute atomic E-state index is 12.3. The van der Waals surface area contributed by atoms with E-state index in [1.807, 2.05) is 19.9 Å². The summed E-state index contributed by atoms with van der Waals surface area (Å²) in [5, 5.41) is 7.52. The molecule has 0 unspecified atom stereocenters. The molecule has 10 heteroatoms. The topological polar surface area (TPSA) is 110 Å². The van der Waals surface area contributed by atoms with E-state index in [1.54, 1.807) is 16.6 Å². The number of aryl methyl sites for hydroxylation is 2. The summed E-state index contributed by atoms with van der Waals surface area (Å²) in [5.74, 6) is -0.400. The van der Waals surface area contributed by atoms with Crippen molar-refractivity contribution in [2.45, 2.75) is 19.0 Å². The highest BCUT2D eigenvalue weighted by Gasteiger charge is 2.32. The molecule has 0 atom stereocenters. The molecule has 28 heavy (non-hydrogen) atoms. The van der Waals surface area contributed by atoms with Gasteiger partial charge in [0.25, 0.3) is 17.6 Å². The van der Waals surface area contributed by atoms with Gasteiger partial charge in [0.2, 0.25) is 11.1 Å². The van der Waals surface area contributed by atoms with Gasteiger partial charge in [0.15, 0.2) is 0 Å². The Morgan fingerprint density at radius 3 is 2.64 bits per heavy atom. The van der Waals surface area contributed by atoms with Gasteiger partial charge in [0, 0.05) is 24.1 Å². The molecule has 0 radical (unpaired) electrons. The quantitative estimate of drug-likeness (QED) is 0.528. The number of rotatable bonds is 4. The highest BCUT2D eigenvalue weighted by Crippen LogP contribution is 2.25. The number of carbonyl (C=O) groups excluding carboxylic acids is 3. The second-order valence-corrected chi connectivity index (χ2v) is 7.35. The lowest BCUT2D eigenvalue weighted by molar-refractivity contribution is -0.113. The van der Waals surface area contributed by atoms with Gasteiger partial charge < -0.3 is 5.32 Å². The number of aromatic nitrogens is 4. The van der Waals surface area contributed by atoms with Crippen LogP contribution in [-0.4, -0.2) is 55.0 Å². The number of carbonyl (C=O) groups is 3. The van der Waals surface area contributed by atoms with Crippen LogP contribution in [0.25, 0.3) is 5.78 Å². The highest BCUT2D eigenvalue weighted by molar-refractivity contribution is 7.99. The minimum Gasteiger partial charge on any atom is -0.325 e. The summed E-state index contributed by atoms with van der Waals surface area (Å²) in [6.45, 7) is 3.80. The minimum atomic E-state index is -0.377. The van der Waals surface area contributed by atoms with Gasteiger partial charge in [0.05, 0.1) is 16.9 Å². The van der Waals surface area contributed by atoms with E-state index in [0.717, 1.165) is 16.3 Å². The standard InChI is InChI=1S/C18H16N6O3S/c1-9-6-10(2)24-17(19-9)21-18(22-24)28-8-14(25)20-11-4-5-12-13(7-11)16(27)23(3)15(12)26/h4-7H,8H2,1-3H3,(H,20,25). The van der Waals surface area contributed by atoms with E-state index in [4.69, 9.17) is 0 Å². The van der Waals surface area contributed by atoms with Crippen molar-refractivity contribution in [3.8, 4) is 0 Å². The zero-order valence-corrected chi connectivity index (χ0v) is 16.2. The summed E-state index contributed by atoms with van der Waals surface area (Å²) in [6.07, 6.45) is 0. The molecule has 3 aromatic rings. The molecule has 1 aromatic carbocycles. The summed E-state index contributed by atoms with van der Waals surface area (Å²) in [5.41, 5.74) is 2.84. The number of hydrogen-bond donors (Lipinski definition) is 1. The van der Waals surface area contributed by atoms with Gasteiger partial charge in [-0.05, 0) is 38.1 Å². The van der Waals surface area contributed by atoms with Gasteiger partial charge in [-0.15, -0.1) is 5.10 Å². The molecule has 0 saturated heterocycles. The third-order valence-electron chi connectivity index (χ3n) is 4.30. The molecular formula is C18H16N6O3S. The summed E-state index contributed by atoms with van der Waals surface area (Å²) >= 11 is 1.19. The van der Waals surface area contributed by atoms with Crippen LogP contribution in [0.2, 0.25) is 0 Å². The third-order valence-corrected chi connectivity index (χ3v) is 5.14. The van der Waals surface area contributed by atoms with Gasteiger partial charge in [-0.25, -0.2) is 9.50 Å². The fourth-order valence-corrected chi connectivity index (χ4v) is 3.59. The molecule has 2 aromatic heterocycles. The summed E-state index contributed by atoms with van der Waals surface area (Å²) < 4.78 is 1.63. The fraction of sp³-hybridized carbons (Fsp3) is 0.222. The maximum atomic E-state index is 12.3. The van der Waals surface area contributed by atoms with E-state index in [2.05, 4.69) is 20.4 Å². The summed E-state index contributed by atoms with van der Waals surface area (Å²) in [7, 11) is 1.43. The lowest BCUT2D eigenvalue weighted by Crippen LogP contribution is -2.24. The Balaban J connectivity index is 1.44. The first-order valence-corrected chi connectivity index (χ1v) is 9.42. The van der Waals surface area contributed by atoms with E-state index in [-0.39, 0.29) is 29.0 Å². The largest absolute Gasteiger partial charge is 0.325 e. The van der Waals surface area contributed by atoms with E-state index in [0.29, 0.717) is 22.2 Å². The van der Waals surface area contributed by atoms with Gasteiger partial charge in [-0.3, -0.25) is 19.3 Å². The number of hydrogen-bond acceptors (Lipinski definition) is 7. The van der Waals surface area contributed by atoms with Crippen LogP contribution in [0.3, 0.4) is 0 Å². The lowest BCUT2D eigenvalue weighted by Gasteiger charge is -2.05. The van der Waals surface area contributed by atoms with Crippen molar-refractivity contribution < 1.29 is 14.4 Å². The third kappa shape index (κ3) is 3.11. The Morgan fingerprint density at radius 1 is 1.11 bits per heavy atom. The van der Waals surface area contributed by atoms with E-state index in [9.17, 15) is 14.4 Å². The predicted molar refractivity (Wildman–Crippen MR) is 102 cm³/mol. The molecule has 3 heterocycles. The van der Waals surface area contributed by atoms with Crippen molar-refractivity contribution in [3.63, 3.8) is 0 Å². The molecule has 1 aliphatic heterocycles. The first kappa shape index (κ1) is 18.1. The zero-order valence-electron chi connectivity index (χ0n) is 15.4. The Morgan fingerprint density at radius 2 is 1.86 bits per heavy atom.